The molecule has 0 saturated carbocycles. The summed E-state index contributed by atoms with van der Waals surface area (Å²) >= 11 is 0. The lowest BCUT2D eigenvalue weighted by Crippen LogP contribution is -2.30. The molecule has 1 fully saturated rings. The van der Waals surface area contributed by atoms with E-state index in [1.807, 2.05) is 6.07 Å². The maximum Gasteiger partial charge on any atom is 0.176 e. The van der Waals surface area contributed by atoms with E-state index in [1.165, 1.54) is 36.9 Å². The fourth-order valence-electron chi connectivity index (χ4n) is 3.07. The van der Waals surface area contributed by atoms with Gasteiger partial charge in [0.05, 0.1) is 6.54 Å². The molecule has 3 rings (SSSR count). The van der Waals surface area contributed by atoms with Crippen molar-refractivity contribution < 1.29 is 4.79 Å². The molecule has 0 amide bonds. The summed E-state index contributed by atoms with van der Waals surface area (Å²) < 4.78 is 0. The number of ketones is 1. The third kappa shape index (κ3) is 2.98. The number of nitrogens with zero attached hydrogens (tertiary/aromatic N) is 1. The summed E-state index contributed by atoms with van der Waals surface area (Å²) in [6, 6.07) is 6.10. The van der Waals surface area contributed by atoms with Gasteiger partial charge in [0.25, 0.3) is 0 Å². The van der Waals surface area contributed by atoms with E-state index < -0.39 is 0 Å². The Bertz CT molecular complexity index is 462. The van der Waals surface area contributed by atoms with Gasteiger partial charge in [-0.1, -0.05) is 12.8 Å². The van der Waals surface area contributed by atoms with Gasteiger partial charge in [-0.15, -0.1) is 0 Å². The van der Waals surface area contributed by atoms with Crippen LogP contribution in [0.4, 0.5) is 5.69 Å². The third-order valence-corrected chi connectivity index (χ3v) is 4.20. The molecule has 1 N–H and O–H groups in total. The van der Waals surface area contributed by atoms with Gasteiger partial charge in [0.15, 0.2) is 5.78 Å². The van der Waals surface area contributed by atoms with Crippen molar-refractivity contribution in [3.63, 3.8) is 0 Å². The van der Waals surface area contributed by atoms with Gasteiger partial charge in [-0.05, 0) is 56.1 Å². The Morgan fingerprint density at radius 2 is 1.95 bits per heavy atom. The molecule has 3 nitrogen and oxygen atoms in total. The smallest absolute Gasteiger partial charge is 0.176 e. The number of hydrogen-bond acceptors (Lipinski definition) is 3. The Morgan fingerprint density at radius 3 is 2.74 bits per heavy atom. The van der Waals surface area contributed by atoms with Crippen LogP contribution in [0.3, 0.4) is 0 Å². The highest BCUT2D eigenvalue weighted by Gasteiger charge is 2.17. The first-order valence-corrected chi connectivity index (χ1v) is 7.45. The van der Waals surface area contributed by atoms with Crippen molar-refractivity contribution in [1.82, 2.24) is 4.90 Å². The van der Waals surface area contributed by atoms with Crippen LogP contribution in [0.2, 0.25) is 0 Å². The van der Waals surface area contributed by atoms with Crippen molar-refractivity contribution >= 4 is 11.5 Å². The van der Waals surface area contributed by atoms with Crippen molar-refractivity contribution in [2.75, 3.05) is 31.5 Å². The Labute approximate surface area is 115 Å². The molecule has 0 aliphatic carbocycles. The number of Topliss-reactive ketones (excluding diaryl/α,β-unsaturated/α-hetero) is 1. The zero-order valence-corrected chi connectivity index (χ0v) is 11.5. The van der Waals surface area contributed by atoms with Crippen LogP contribution in [0.15, 0.2) is 18.2 Å². The molecular formula is C16H22N2O. The molecule has 0 aromatic heterocycles. The van der Waals surface area contributed by atoms with E-state index in [2.05, 4.69) is 22.3 Å². The van der Waals surface area contributed by atoms with E-state index in [0.29, 0.717) is 6.54 Å². The third-order valence-electron chi connectivity index (χ3n) is 4.20. The molecule has 2 heterocycles. The molecular weight excluding hydrogens is 236 g/mol. The standard InChI is InChI=1S/C16H22N2O/c19-16(12-18-9-3-1-2-4-10-18)14-5-6-15-13(11-14)7-8-17-15/h5-6,11,17H,1-4,7-10,12H2. The Kier molecular flexibility index (Phi) is 3.83. The number of nitrogens with one attached hydrogen (secondary N) is 1. The zero-order valence-electron chi connectivity index (χ0n) is 11.5. The predicted molar refractivity (Wildman–Crippen MR) is 77.9 cm³/mol. The van der Waals surface area contributed by atoms with Crippen LogP contribution in [0.25, 0.3) is 0 Å². The first-order chi connectivity index (χ1) is 9.33. The molecule has 1 saturated heterocycles. The SMILES string of the molecule is O=C(CN1CCCCCC1)c1ccc2c(c1)CCN2. The van der Waals surface area contributed by atoms with E-state index in [1.54, 1.807) is 0 Å². The Morgan fingerprint density at radius 1 is 1.16 bits per heavy atom. The fourth-order valence-corrected chi connectivity index (χ4v) is 3.07. The fraction of sp³-hybridized carbons (Fsp3) is 0.562. The van der Waals surface area contributed by atoms with E-state index >= 15 is 0 Å². The predicted octanol–water partition coefficient (Wildman–Crippen LogP) is 2.71. The number of benzene rings is 1. The first-order valence-electron chi connectivity index (χ1n) is 7.45. The topological polar surface area (TPSA) is 32.3 Å². The summed E-state index contributed by atoms with van der Waals surface area (Å²) in [5.74, 6) is 0.275. The zero-order chi connectivity index (χ0) is 13.1. The van der Waals surface area contributed by atoms with Gasteiger partial charge in [0.1, 0.15) is 0 Å². The first kappa shape index (κ1) is 12.7. The molecule has 1 aromatic rings. The second kappa shape index (κ2) is 5.74. The van der Waals surface area contributed by atoms with Gasteiger partial charge in [0.2, 0.25) is 0 Å². The Hall–Kier alpha value is -1.35. The summed E-state index contributed by atoms with van der Waals surface area (Å²) in [7, 11) is 0. The van der Waals surface area contributed by atoms with Gasteiger partial charge in [-0.3, -0.25) is 9.69 Å². The number of likely N-dealkylation sites (tertiary alicyclic amines) is 1. The molecule has 19 heavy (non-hydrogen) atoms. The van der Waals surface area contributed by atoms with Gasteiger partial charge in [-0.25, -0.2) is 0 Å². The van der Waals surface area contributed by atoms with E-state index in [-0.39, 0.29) is 5.78 Å². The number of rotatable bonds is 3. The van der Waals surface area contributed by atoms with Crippen LogP contribution in [-0.2, 0) is 6.42 Å². The summed E-state index contributed by atoms with van der Waals surface area (Å²) in [6.45, 7) is 3.75. The largest absolute Gasteiger partial charge is 0.384 e. The Balaban J connectivity index is 1.66. The highest BCUT2D eigenvalue weighted by Crippen LogP contribution is 2.23. The monoisotopic (exact) mass is 258 g/mol. The van der Waals surface area contributed by atoms with Crippen LogP contribution in [0, 0.1) is 0 Å². The van der Waals surface area contributed by atoms with Gasteiger partial charge >= 0.3 is 0 Å². The maximum absolute atomic E-state index is 12.4. The highest BCUT2D eigenvalue weighted by atomic mass is 16.1. The van der Waals surface area contributed by atoms with E-state index in [0.717, 1.165) is 31.6 Å². The van der Waals surface area contributed by atoms with Crippen LogP contribution < -0.4 is 5.32 Å². The minimum atomic E-state index is 0.275. The summed E-state index contributed by atoms with van der Waals surface area (Å²) in [6.07, 6.45) is 6.15. The number of hydrogen-bond donors (Lipinski definition) is 1. The van der Waals surface area contributed by atoms with Gasteiger partial charge < -0.3 is 5.32 Å². The average Bonchev–Trinajstić information content (AvgIpc) is 2.75. The lowest BCUT2D eigenvalue weighted by atomic mass is 10.0. The summed E-state index contributed by atoms with van der Waals surface area (Å²) in [5.41, 5.74) is 3.37. The molecule has 2 aliphatic rings. The second-order valence-electron chi connectivity index (χ2n) is 5.66. The second-order valence-corrected chi connectivity index (χ2v) is 5.66. The molecule has 0 atom stereocenters. The van der Waals surface area contributed by atoms with Crippen molar-refractivity contribution in [2.24, 2.45) is 0 Å². The summed E-state index contributed by atoms with van der Waals surface area (Å²) in [5, 5.41) is 3.33. The van der Waals surface area contributed by atoms with Gasteiger partial charge in [-0.2, -0.15) is 0 Å². The molecule has 102 valence electrons. The van der Waals surface area contributed by atoms with Crippen LogP contribution in [0.5, 0.6) is 0 Å². The van der Waals surface area contributed by atoms with Crippen molar-refractivity contribution in [2.45, 2.75) is 32.1 Å². The van der Waals surface area contributed by atoms with E-state index in [4.69, 9.17) is 0 Å². The minimum Gasteiger partial charge on any atom is -0.384 e. The highest BCUT2D eigenvalue weighted by molar-refractivity contribution is 5.98. The number of anilines is 1. The molecule has 0 bridgehead atoms. The number of carbonyl (C=O) groups is 1. The number of fused-ring (bicyclic) bond motifs is 1. The van der Waals surface area contributed by atoms with E-state index in [9.17, 15) is 4.79 Å². The molecule has 0 spiro atoms. The van der Waals surface area contributed by atoms with Crippen molar-refractivity contribution in [3.05, 3.63) is 29.3 Å². The lowest BCUT2D eigenvalue weighted by Gasteiger charge is -2.18. The normalized spacial score (nSPS) is 19.6. The van der Waals surface area contributed by atoms with Crippen molar-refractivity contribution in [1.29, 1.82) is 0 Å². The van der Waals surface area contributed by atoms with Crippen LogP contribution in [0.1, 0.15) is 41.6 Å². The summed E-state index contributed by atoms with van der Waals surface area (Å²) in [4.78, 5) is 14.7. The molecule has 3 heteroatoms. The molecule has 0 unspecified atom stereocenters. The van der Waals surface area contributed by atoms with Crippen LogP contribution in [-0.4, -0.2) is 36.9 Å². The minimum absolute atomic E-state index is 0.275. The lowest BCUT2D eigenvalue weighted by molar-refractivity contribution is 0.0933. The van der Waals surface area contributed by atoms with Crippen molar-refractivity contribution in [3.8, 4) is 0 Å². The molecule has 2 aliphatic heterocycles. The molecule has 0 radical (unpaired) electrons. The van der Waals surface area contributed by atoms with Crippen LogP contribution >= 0.6 is 0 Å². The number of carbonyl (C=O) groups excluding carboxylic acids is 1. The molecule has 1 aromatic carbocycles. The average molecular weight is 258 g/mol. The van der Waals surface area contributed by atoms with Gasteiger partial charge in [0, 0.05) is 17.8 Å². The maximum atomic E-state index is 12.4. The quantitative estimate of drug-likeness (QED) is 0.846.